The Balaban J connectivity index is 1.37. The molecule has 2 aromatic carbocycles. The summed E-state index contributed by atoms with van der Waals surface area (Å²) in [5.41, 5.74) is 1.00. The molecule has 2 aromatic heterocycles. The number of amides is 2. The van der Waals surface area contributed by atoms with Crippen LogP contribution in [0.3, 0.4) is 0 Å². The minimum absolute atomic E-state index is 0.170. The molecule has 0 bridgehead atoms. The Morgan fingerprint density at radius 1 is 1.12 bits per heavy atom. The van der Waals surface area contributed by atoms with Gasteiger partial charge in [-0.05, 0) is 29.9 Å². The Labute approximate surface area is 195 Å². The lowest BCUT2D eigenvalue weighted by molar-refractivity contribution is -0.123. The maximum atomic E-state index is 14.0. The Hall–Kier alpha value is -4.25. The van der Waals surface area contributed by atoms with Crippen molar-refractivity contribution in [2.75, 3.05) is 0 Å². The van der Waals surface area contributed by atoms with E-state index in [1.54, 1.807) is 30.6 Å². The summed E-state index contributed by atoms with van der Waals surface area (Å²) in [4.78, 5) is 33.1. The maximum absolute atomic E-state index is 14.0. The number of aromatic nitrogens is 2. The molecule has 0 spiro atoms. The largest absolute Gasteiger partial charge is 0.348 e. The summed E-state index contributed by atoms with van der Waals surface area (Å²) in [6, 6.07) is 14.0. The first-order chi connectivity index (χ1) is 16.5. The highest BCUT2D eigenvalue weighted by molar-refractivity contribution is 6.00. The van der Waals surface area contributed by atoms with Gasteiger partial charge in [0.15, 0.2) is 0 Å². The van der Waals surface area contributed by atoms with E-state index in [2.05, 4.69) is 26.7 Å². The summed E-state index contributed by atoms with van der Waals surface area (Å²) in [7, 11) is 0. The van der Waals surface area contributed by atoms with Crippen molar-refractivity contribution in [2.45, 2.75) is 31.3 Å². The van der Waals surface area contributed by atoms with Crippen LogP contribution in [0.5, 0.6) is 0 Å². The van der Waals surface area contributed by atoms with Gasteiger partial charge in [0.1, 0.15) is 23.6 Å². The van der Waals surface area contributed by atoms with E-state index in [9.17, 15) is 19.2 Å². The molecule has 1 saturated carbocycles. The number of hydrogen-bond donors (Lipinski definition) is 3. The number of nitrogens with zero attached hydrogens (tertiary/aromatic N) is 2. The molecular formula is C26H22FN5O2. The molecule has 34 heavy (non-hydrogen) atoms. The lowest BCUT2D eigenvalue weighted by Crippen LogP contribution is -2.48. The SMILES string of the molecule is N#C[C@@H](NC(=O)[C@H](CC1CC1)NC(=O)c1cc2cccc(F)c2[nH]1)c1cncc2ccccc12. The molecule has 8 heteroatoms. The summed E-state index contributed by atoms with van der Waals surface area (Å²) in [6.45, 7) is 0. The first-order valence-corrected chi connectivity index (χ1v) is 11.1. The topological polar surface area (TPSA) is 111 Å². The molecule has 1 aliphatic carbocycles. The zero-order chi connectivity index (χ0) is 23.7. The lowest BCUT2D eigenvalue weighted by Gasteiger charge is -2.21. The van der Waals surface area contributed by atoms with Crippen LogP contribution in [0.4, 0.5) is 4.39 Å². The highest BCUT2D eigenvalue weighted by atomic mass is 19.1. The number of nitrogens with one attached hydrogen (secondary N) is 3. The molecular weight excluding hydrogens is 433 g/mol. The molecule has 0 unspecified atom stereocenters. The van der Waals surface area contributed by atoms with Crippen molar-refractivity contribution >= 4 is 33.5 Å². The van der Waals surface area contributed by atoms with Gasteiger partial charge in [-0.2, -0.15) is 5.26 Å². The highest BCUT2D eigenvalue weighted by Crippen LogP contribution is 2.34. The van der Waals surface area contributed by atoms with E-state index in [1.165, 1.54) is 6.07 Å². The van der Waals surface area contributed by atoms with E-state index in [4.69, 9.17) is 0 Å². The van der Waals surface area contributed by atoms with Crippen molar-refractivity contribution in [1.29, 1.82) is 5.26 Å². The van der Waals surface area contributed by atoms with Crippen LogP contribution in [0.25, 0.3) is 21.7 Å². The van der Waals surface area contributed by atoms with Gasteiger partial charge >= 0.3 is 0 Å². The third-order valence-corrected chi connectivity index (χ3v) is 6.16. The zero-order valence-electron chi connectivity index (χ0n) is 18.2. The molecule has 7 nitrogen and oxygen atoms in total. The molecule has 5 rings (SSSR count). The van der Waals surface area contributed by atoms with Crippen LogP contribution in [-0.2, 0) is 4.79 Å². The van der Waals surface area contributed by atoms with Gasteiger partial charge in [0.05, 0.1) is 11.6 Å². The Bertz CT molecular complexity index is 1430. The third-order valence-electron chi connectivity index (χ3n) is 6.16. The Morgan fingerprint density at radius 3 is 2.68 bits per heavy atom. The number of pyridine rings is 1. The van der Waals surface area contributed by atoms with E-state index in [1.807, 2.05) is 24.3 Å². The van der Waals surface area contributed by atoms with Crippen molar-refractivity contribution in [2.24, 2.45) is 5.92 Å². The molecule has 4 aromatic rings. The summed E-state index contributed by atoms with van der Waals surface area (Å²) in [5.74, 6) is -1.06. The molecule has 0 saturated heterocycles. The molecule has 2 amide bonds. The van der Waals surface area contributed by atoms with Gasteiger partial charge in [-0.15, -0.1) is 0 Å². The van der Waals surface area contributed by atoms with E-state index >= 15 is 0 Å². The first-order valence-electron chi connectivity index (χ1n) is 11.1. The average molecular weight is 455 g/mol. The number of H-pyrrole nitrogens is 1. The lowest BCUT2D eigenvalue weighted by atomic mass is 10.0. The third kappa shape index (κ3) is 4.33. The fraction of sp³-hybridized carbons (Fsp3) is 0.231. The summed E-state index contributed by atoms with van der Waals surface area (Å²) in [5, 5.41) is 17.6. The summed E-state index contributed by atoms with van der Waals surface area (Å²) in [6.07, 6.45) is 5.73. The van der Waals surface area contributed by atoms with Gasteiger partial charge in [-0.3, -0.25) is 14.6 Å². The van der Waals surface area contributed by atoms with E-state index in [-0.39, 0.29) is 11.2 Å². The molecule has 170 valence electrons. The second-order valence-electron chi connectivity index (χ2n) is 8.61. The number of para-hydroxylation sites is 1. The van der Waals surface area contributed by atoms with Crippen molar-refractivity contribution in [1.82, 2.24) is 20.6 Å². The van der Waals surface area contributed by atoms with E-state index < -0.39 is 29.7 Å². The van der Waals surface area contributed by atoms with Gasteiger partial charge < -0.3 is 15.6 Å². The predicted molar refractivity (Wildman–Crippen MR) is 125 cm³/mol. The summed E-state index contributed by atoms with van der Waals surface area (Å²) >= 11 is 0. The second-order valence-corrected chi connectivity index (χ2v) is 8.61. The number of fused-ring (bicyclic) bond motifs is 2. The van der Waals surface area contributed by atoms with Crippen LogP contribution in [0.2, 0.25) is 0 Å². The number of aromatic amines is 1. The summed E-state index contributed by atoms with van der Waals surface area (Å²) < 4.78 is 14.0. The fourth-order valence-electron chi connectivity index (χ4n) is 4.19. The smallest absolute Gasteiger partial charge is 0.268 e. The number of nitriles is 1. The van der Waals surface area contributed by atoms with E-state index in [0.717, 1.165) is 23.6 Å². The number of benzene rings is 2. The second kappa shape index (κ2) is 8.94. The minimum Gasteiger partial charge on any atom is -0.348 e. The van der Waals surface area contributed by atoms with Crippen molar-refractivity contribution in [3.8, 4) is 6.07 Å². The van der Waals surface area contributed by atoms with Gasteiger partial charge in [0, 0.05) is 28.7 Å². The number of carbonyl (C=O) groups is 2. The van der Waals surface area contributed by atoms with Crippen LogP contribution in [0.15, 0.2) is 60.9 Å². The van der Waals surface area contributed by atoms with Crippen LogP contribution >= 0.6 is 0 Å². The van der Waals surface area contributed by atoms with Crippen LogP contribution in [-0.4, -0.2) is 27.8 Å². The van der Waals surface area contributed by atoms with Crippen LogP contribution in [0, 0.1) is 23.1 Å². The van der Waals surface area contributed by atoms with Gasteiger partial charge in [0.25, 0.3) is 5.91 Å². The highest BCUT2D eigenvalue weighted by Gasteiger charge is 2.32. The molecule has 3 N–H and O–H groups in total. The van der Waals surface area contributed by atoms with Gasteiger partial charge in [0.2, 0.25) is 5.91 Å². The van der Waals surface area contributed by atoms with Crippen LogP contribution < -0.4 is 10.6 Å². The normalized spacial score (nSPS) is 14.9. The standard InChI is InChI=1S/C26H22FN5O2/c27-20-7-3-5-16-11-22(30-24(16)20)26(34)31-21(10-15-8-9-15)25(33)32-23(12-28)19-14-29-13-17-4-1-2-6-18(17)19/h1-7,11,13-15,21,23,30H,8-10H2,(H,31,34)(H,32,33)/t21-,23+/m0/s1. The van der Waals surface area contributed by atoms with Crippen LogP contribution in [0.1, 0.15) is 41.4 Å². The number of carbonyl (C=O) groups excluding carboxylic acids is 2. The average Bonchev–Trinajstić information content (AvgIpc) is 3.56. The van der Waals surface area contributed by atoms with Crippen molar-refractivity contribution in [3.05, 3.63) is 78.0 Å². The Morgan fingerprint density at radius 2 is 1.91 bits per heavy atom. The molecule has 1 fully saturated rings. The molecule has 1 aliphatic rings. The first kappa shape index (κ1) is 21.6. The predicted octanol–water partition coefficient (Wildman–Crippen LogP) is 4.13. The number of hydrogen-bond acceptors (Lipinski definition) is 4. The minimum atomic E-state index is -0.924. The molecule has 0 radical (unpaired) electrons. The van der Waals surface area contributed by atoms with Gasteiger partial charge in [-0.25, -0.2) is 4.39 Å². The van der Waals surface area contributed by atoms with Crippen molar-refractivity contribution in [3.63, 3.8) is 0 Å². The van der Waals surface area contributed by atoms with E-state index in [0.29, 0.717) is 23.3 Å². The monoisotopic (exact) mass is 455 g/mol. The molecule has 2 heterocycles. The zero-order valence-corrected chi connectivity index (χ0v) is 18.2. The quantitative estimate of drug-likeness (QED) is 0.389. The van der Waals surface area contributed by atoms with Crippen molar-refractivity contribution < 1.29 is 14.0 Å². The Kier molecular flexibility index (Phi) is 5.68. The number of halogens is 1. The van der Waals surface area contributed by atoms with Gasteiger partial charge in [-0.1, -0.05) is 49.2 Å². The number of rotatable bonds is 7. The molecule has 0 aliphatic heterocycles. The fourth-order valence-corrected chi connectivity index (χ4v) is 4.19. The maximum Gasteiger partial charge on any atom is 0.268 e. The molecule has 2 atom stereocenters.